The molecule has 0 saturated heterocycles. The van der Waals surface area contributed by atoms with Crippen molar-refractivity contribution in [1.82, 2.24) is 20.2 Å². The van der Waals surface area contributed by atoms with Crippen molar-refractivity contribution in [3.8, 4) is 0 Å². The van der Waals surface area contributed by atoms with E-state index >= 15 is 0 Å². The van der Waals surface area contributed by atoms with Crippen molar-refractivity contribution < 1.29 is 9.13 Å². The van der Waals surface area contributed by atoms with Crippen LogP contribution in [-0.2, 0) is 11.2 Å². The van der Waals surface area contributed by atoms with Crippen LogP contribution in [0.1, 0.15) is 24.0 Å². The molecule has 0 aliphatic heterocycles. The van der Waals surface area contributed by atoms with E-state index in [2.05, 4.69) is 56.7 Å². The van der Waals surface area contributed by atoms with Crippen LogP contribution in [0.25, 0.3) is 11.0 Å². The molecule has 1 aliphatic carbocycles. The number of fused-ring (bicyclic) bond motifs is 1. The summed E-state index contributed by atoms with van der Waals surface area (Å²) in [6.07, 6.45) is 3.64. The highest BCUT2D eigenvalue weighted by atomic mass is 19.1. The van der Waals surface area contributed by atoms with Gasteiger partial charge < -0.3 is 10.1 Å². The van der Waals surface area contributed by atoms with Crippen LogP contribution in [0.4, 0.5) is 10.2 Å². The maximum atomic E-state index is 14.4. The second kappa shape index (κ2) is 7.37. The highest BCUT2D eigenvalue weighted by Crippen LogP contribution is 2.29. The SMILES string of the molecule is Cc1ccc(CCOC2C[C@@H](Nc3ncnc4[nH]ncc34)C[C@@H]2F)cc1. The first-order chi connectivity index (χ1) is 12.7. The molecule has 0 bridgehead atoms. The molecule has 26 heavy (non-hydrogen) atoms. The van der Waals surface area contributed by atoms with Gasteiger partial charge in [-0.3, -0.25) is 5.10 Å². The van der Waals surface area contributed by atoms with Crippen LogP contribution >= 0.6 is 0 Å². The third-order valence-electron chi connectivity index (χ3n) is 4.86. The number of rotatable bonds is 6. The van der Waals surface area contributed by atoms with Gasteiger partial charge in [-0.15, -0.1) is 0 Å². The molecule has 0 spiro atoms. The minimum atomic E-state index is -0.966. The first-order valence-corrected chi connectivity index (χ1v) is 8.91. The fourth-order valence-electron chi connectivity index (χ4n) is 3.39. The van der Waals surface area contributed by atoms with Gasteiger partial charge in [0.1, 0.15) is 18.3 Å². The Kier molecular flexibility index (Phi) is 4.79. The molecule has 2 heterocycles. The van der Waals surface area contributed by atoms with Crippen LogP contribution in [0.15, 0.2) is 36.8 Å². The van der Waals surface area contributed by atoms with Crippen LogP contribution in [0, 0.1) is 6.92 Å². The maximum Gasteiger partial charge on any atom is 0.160 e. The summed E-state index contributed by atoms with van der Waals surface area (Å²) in [6.45, 7) is 2.59. The molecule has 3 atom stereocenters. The van der Waals surface area contributed by atoms with E-state index in [0.29, 0.717) is 30.9 Å². The third-order valence-corrected chi connectivity index (χ3v) is 4.86. The number of aromatic amines is 1. The van der Waals surface area contributed by atoms with E-state index in [9.17, 15) is 4.39 Å². The third kappa shape index (κ3) is 3.67. The molecule has 6 nitrogen and oxygen atoms in total. The summed E-state index contributed by atoms with van der Waals surface area (Å²) in [5, 5.41) is 10.9. The lowest BCUT2D eigenvalue weighted by molar-refractivity contribution is 0.0163. The molecule has 0 radical (unpaired) electrons. The Morgan fingerprint density at radius 3 is 2.92 bits per heavy atom. The lowest BCUT2D eigenvalue weighted by Crippen LogP contribution is -2.21. The normalized spacial score (nSPS) is 22.8. The summed E-state index contributed by atoms with van der Waals surface area (Å²) < 4.78 is 20.2. The Morgan fingerprint density at radius 2 is 2.08 bits per heavy atom. The Balaban J connectivity index is 1.31. The Morgan fingerprint density at radius 1 is 1.23 bits per heavy atom. The van der Waals surface area contributed by atoms with E-state index in [1.807, 2.05) is 0 Å². The predicted molar refractivity (Wildman–Crippen MR) is 97.8 cm³/mol. The second-order valence-electron chi connectivity index (χ2n) is 6.83. The number of H-pyrrole nitrogens is 1. The molecular weight excluding hydrogens is 333 g/mol. The highest BCUT2D eigenvalue weighted by molar-refractivity contribution is 5.85. The fraction of sp³-hybridized carbons (Fsp3) is 0.421. The van der Waals surface area contributed by atoms with Gasteiger partial charge in [0.25, 0.3) is 0 Å². The number of aryl methyl sites for hydroxylation is 1. The van der Waals surface area contributed by atoms with Crippen molar-refractivity contribution in [2.45, 2.75) is 44.5 Å². The number of anilines is 1. The number of alkyl halides is 1. The zero-order valence-corrected chi connectivity index (χ0v) is 14.7. The molecule has 4 rings (SSSR count). The van der Waals surface area contributed by atoms with Gasteiger partial charge in [0.2, 0.25) is 0 Å². The van der Waals surface area contributed by atoms with E-state index in [1.165, 1.54) is 17.5 Å². The zero-order valence-electron chi connectivity index (χ0n) is 14.7. The minimum absolute atomic E-state index is 0.0117. The van der Waals surface area contributed by atoms with Gasteiger partial charge in [-0.25, -0.2) is 14.4 Å². The second-order valence-corrected chi connectivity index (χ2v) is 6.83. The summed E-state index contributed by atoms with van der Waals surface area (Å²) in [5.41, 5.74) is 3.12. The smallest absolute Gasteiger partial charge is 0.160 e. The summed E-state index contributed by atoms with van der Waals surface area (Å²) >= 11 is 0. The van der Waals surface area contributed by atoms with E-state index in [1.54, 1.807) is 6.20 Å². The van der Waals surface area contributed by atoms with Crippen LogP contribution in [-0.4, -0.2) is 45.1 Å². The number of hydrogen-bond acceptors (Lipinski definition) is 5. The molecule has 7 heteroatoms. The number of halogens is 1. The first-order valence-electron chi connectivity index (χ1n) is 8.91. The van der Waals surface area contributed by atoms with Gasteiger partial charge >= 0.3 is 0 Å². The van der Waals surface area contributed by atoms with Crippen molar-refractivity contribution in [1.29, 1.82) is 0 Å². The number of benzene rings is 1. The van der Waals surface area contributed by atoms with E-state index in [0.717, 1.165) is 11.8 Å². The molecule has 1 aromatic carbocycles. The summed E-state index contributed by atoms with van der Waals surface area (Å²) in [4.78, 5) is 8.37. The molecule has 136 valence electrons. The largest absolute Gasteiger partial charge is 0.375 e. The molecular formula is C19H22FN5O. The van der Waals surface area contributed by atoms with Gasteiger partial charge in [0, 0.05) is 12.5 Å². The molecule has 1 saturated carbocycles. The number of nitrogens with one attached hydrogen (secondary N) is 2. The van der Waals surface area contributed by atoms with Gasteiger partial charge in [-0.1, -0.05) is 29.8 Å². The molecule has 1 aliphatic rings. The maximum absolute atomic E-state index is 14.4. The molecule has 2 aromatic heterocycles. The number of ether oxygens (including phenoxy) is 1. The summed E-state index contributed by atoms with van der Waals surface area (Å²) in [5.74, 6) is 0.682. The van der Waals surface area contributed by atoms with Crippen molar-refractivity contribution in [3.05, 3.63) is 47.9 Å². The monoisotopic (exact) mass is 355 g/mol. The van der Waals surface area contributed by atoms with Gasteiger partial charge in [0.05, 0.1) is 24.3 Å². The van der Waals surface area contributed by atoms with E-state index in [-0.39, 0.29) is 12.1 Å². The average Bonchev–Trinajstić information content (AvgIpc) is 3.24. The Bertz CT molecular complexity index is 866. The first kappa shape index (κ1) is 16.9. The van der Waals surface area contributed by atoms with Crippen molar-refractivity contribution in [2.24, 2.45) is 0 Å². The van der Waals surface area contributed by atoms with Gasteiger partial charge in [0.15, 0.2) is 5.65 Å². The molecule has 1 fully saturated rings. The number of aromatic nitrogens is 4. The summed E-state index contributed by atoms with van der Waals surface area (Å²) in [7, 11) is 0. The molecule has 0 amide bonds. The highest BCUT2D eigenvalue weighted by Gasteiger charge is 2.35. The lowest BCUT2D eigenvalue weighted by Gasteiger charge is -2.15. The standard InChI is InChI=1S/C19H22FN5O/c1-12-2-4-13(5-3-12)6-7-26-17-9-14(8-16(17)20)24-18-15-10-23-25-19(15)22-11-21-18/h2-5,10-11,14,16-17H,6-9H2,1H3,(H2,21,22,23,24,25)/t14-,16-,17?/m0/s1. The lowest BCUT2D eigenvalue weighted by atomic mass is 10.1. The van der Waals surface area contributed by atoms with Crippen LogP contribution in [0.2, 0.25) is 0 Å². The van der Waals surface area contributed by atoms with Crippen LogP contribution in [0.5, 0.6) is 0 Å². The topological polar surface area (TPSA) is 75.7 Å². The molecule has 1 unspecified atom stereocenters. The molecule has 3 aromatic rings. The zero-order chi connectivity index (χ0) is 17.9. The Hall–Kier alpha value is -2.54. The Labute approximate surface area is 151 Å². The fourth-order valence-corrected chi connectivity index (χ4v) is 3.39. The van der Waals surface area contributed by atoms with Crippen LogP contribution < -0.4 is 5.32 Å². The van der Waals surface area contributed by atoms with E-state index < -0.39 is 6.17 Å². The van der Waals surface area contributed by atoms with Crippen molar-refractivity contribution in [2.75, 3.05) is 11.9 Å². The summed E-state index contributed by atoms with van der Waals surface area (Å²) in [6, 6.07) is 8.34. The predicted octanol–water partition coefficient (Wildman–Crippen LogP) is 3.20. The quantitative estimate of drug-likeness (QED) is 0.710. The number of hydrogen-bond donors (Lipinski definition) is 2. The van der Waals surface area contributed by atoms with Crippen molar-refractivity contribution in [3.63, 3.8) is 0 Å². The van der Waals surface area contributed by atoms with Crippen molar-refractivity contribution >= 4 is 16.9 Å². The molecule has 2 N–H and O–H groups in total. The van der Waals surface area contributed by atoms with Gasteiger partial charge in [-0.2, -0.15) is 5.10 Å². The average molecular weight is 355 g/mol. The van der Waals surface area contributed by atoms with Gasteiger partial charge in [-0.05, 0) is 25.3 Å². The minimum Gasteiger partial charge on any atom is -0.375 e. The van der Waals surface area contributed by atoms with E-state index in [4.69, 9.17) is 4.74 Å². The number of nitrogens with zero attached hydrogens (tertiary/aromatic N) is 3. The van der Waals surface area contributed by atoms with Crippen LogP contribution in [0.3, 0.4) is 0 Å².